The summed E-state index contributed by atoms with van der Waals surface area (Å²) in [4.78, 5) is 2.18. The molecule has 7 heteroatoms. The lowest BCUT2D eigenvalue weighted by atomic mass is 10.4. The van der Waals surface area contributed by atoms with Crippen molar-refractivity contribution in [2.75, 3.05) is 56.5 Å². The molecule has 0 aliphatic carbocycles. The van der Waals surface area contributed by atoms with Crippen molar-refractivity contribution in [2.45, 2.75) is 0 Å². The average molecular weight is 293 g/mol. The van der Waals surface area contributed by atoms with Gasteiger partial charge in [-0.2, -0.15) is 11.8 Å². The highest BCUT2D eigenvalue weighted by molar-refractivity contribution is 7.99. The molecule has 1 rings (SSSR count). The highest BCUT2D eigenvalue weighted by atomic mass is 32.2. The van der Waals surface area contributed by atoms with Gasteiger partial charge >= 0.3 is 0 Å². The van der Waals surface area contributed by atoms with Gasteiger partial charge in [0.1, 0.15) is 0 Å². The highest BCUT2D eigenvalue weighted by Gasteiger charge is 2.14. The first kappa shape index (κ1) is 16.0. The molecular formula is C11H23N3O2S2. The zero-order chi connectivity index (χ0) is 13.3. The maximum atomic E-state index is 11.7. The van der Waals surface area contributed by atoms with E-state index in [9.17, 15) is 8.42 Å². The van der Waals surface area contributed by atoms with Gasteiger partial charge in [0, 0.05) is 50.8 Å². The van der Waals surface area contributed by atoms with Gasteiger partial charge in [0.15, 0.2) is 0 Å². The lowest BCUT2D eigenvalue weighted by molar-refractivity contribution is 0.253. The smallest absolute Gasteiger partial charge is 0.212 e. The monoisotopic (exact) mass is 293 g/mol. The molecule has 1 aliphatic rings. The average Bonchev–Trinajstić information content (AvgIpc) is 2.38. The van der Waals surface area contributed by atoms with Crippen LogP contribution in [-0.4, -0.2) is 69.8 Å². The number of nitrogens with zero attached hydrogens (tertiary/aromatic N) is 1. The van der Waals surface area contributed by atoms with E-state index in [1.165, 1.54) is 0 Å². The van der Waals surface area contributed by atoms with Crippen molar-refractivity contribution in [1.29, 1.82) is 0 Å². The molecule has 1 heterocycles. The molecule has 2 N–H and O–H groups in total. The first-order chi connectivity index (χ1) is 8.64. The quantitative estimate of drug-likeness (QED) is 0.453. The van der Waals surface area contributed by atoms with E-state index in [-0.39, 0.29) is 5.75 Å². The van der Waals surface area contributed by atoms with E-state index in [2.05, 4.69) is 21.5 Å². The Morgan fingerprint density at radius 3 is 2.78 bits per heavy atom. The Bertz CT molecular complexity index is 327. The summed E-state index contributed by atoms with van der Waals surface area (Å²) in [5.41, 5.74) is 0. The van der Waals surface area contributed by atoms with Gasteiger partial charge in [-0.05, 0) is 0 Å². The van der Waals surface area contributed by atoms with E-state index < -0.39 is 10.0 Å². The first-order valence-electron chi connectivity index (χ1n) is 6.23. The number of rotatable bonds is 9. The van der Waals surface area contributed by atoms with E-state index in [1.54, 1.807) is 11.8 Å². The van der Waals surface area contributed by atoms with Crippen LogP contribution >= 0.6 is 11.8 Å². The normalized spacial score (nSPS) is 17.8. The molecular weight excluding hydrogens is 270 g/mol. The summed E-state index contributed by atoms with van der Waals surface area (Å²) in [5, 5.41) is 3.25. The van der Waals surface area contributed by atoms with Gasteiger partial charge in [-0.25, -0.2) is 13.1 Å². The largest absolute Gasteiger partial charge is 0.314 e. The standard InChI is InChI=1S/C11H23N3O2S2/c1-2-9-17-10-5-13-18(15,16)11-8-14-6-3-12-4-7-14/h2,12-13H,1,3-11H2. The zero-order valence-corrected chi connectivity index (χ0v) is 12.4. The molecule has 0 atom stereocenters. The van der Waals surface area contributed by atoms with Crippen LogP contribution in [0.1, 0.15) is 0 Å². The van der Waals surface area contributed by atoms with Crippen LogP contribution < -0.4 is 10.0 Å². The molecule has 1 aliphatic heterocycles. The Hall–Kier alpha value is -0.0800. The van der Waals surface area contributed by atoms with Crippen LogP contribution in [0, 0.1) is 0 Å². The van der Waals surface area contributed by atoms with Crippen molar-refractivity contribution in [1.82, 2.24) is 14.9 Å². The van der Waals surface area contributed by atoms with E-state index in [4.69, 9.17) is 0 Å². The topological polar surface area (TPSA) is 61.4 Å². The highest BCUT2D eigenvalue weighted by Crippen LogP contribution is 1.98. The van der Waals surface area contributed by atoms with Gasteiger partial charge < -0.3 is 5.32 Å². The summed E-state index contributed by atoms with van der Waals surface area (Å²) < 4.78 is 26.1. The predicted molar refractivity (Wildman–Crippen MR) is 78.6 cm³/mol. The van der Waals surface area contributed by atoms with E-state index >= 15 is 0 Å². The molecule has 0 spiro atoms. The number of hydrogen-bond donors (Lipinski definition) is 2. The van der Waals surface area contributed by atoms with Crippen LogP contribution in [0.15, 0.2) is 12.7 Å². The Morgan fingerprint density at radius 2 is 2.11 bits per heavy atom. The van der Waals surface area contributed by atoms with Crippen molar-refractivity contribution in [3.05, 3.63) is 12.7 Å². The van der Waals surface area contributed by atoms with Gasteiger partial charge in [0.2, 0.25) is 10.0 Å². The van der Waals surface area contributed by atoms with Gasteiger partial charge in [-0.15, -0.1) is 6.58 Å². The Balaban J connectivity index is 2.12. The van der Waals surface area contributed by atoms with Crippen LogP contribution in [0.4, 0.5) is 0 Å². The fraction of sp³-hybridized carbons (Fsp3) is 0.818. The van der Waals surface area contributed by atoms with E-state index in [1.807, 2.05) is 6.08 Å². The Kier molecular flexibility index (Phi) is 7.92. The van der Waals surface area contributed by atoms with Gasteiger partial charge in [-0.1, -0.05) is 6.08 Å². The van der Waals surface area contributed by atoms with Crippen LogP contribution in [0.5, 0.6) is 0 Å². The second-order valence-corrected chi connectivity index (χ2v) is 7.24. The summed E-state index contributed by atoms with van der Waals surface area (Å²) in [6.07, 6.45) is 1.82. The number of piperazine rings is 1. The summed E-state index contributed by atoms with van der Waals surface area (Å²) in [7, 11) is -3.12. The number of hydrogen-bond acceptors (Lipinski definition) is 5. The zero-order valence-electron chi connectivity index (χ0n) is 10.7. The molecule has 0 amide bonds. The molecule has 0 saturated carbocycles. The van der Waals surface area contributed by atoms with Crippen LogP contribution in [0.3, 0.4) is 0 Å². The minimum atomic E-state index is -3.12. The van der Waals surface area contributed by atoms with Crippen molar-refractivity contribution in [3.8, 4) is 0 Å². The minimum absolute atomic E-state index is 0.194. The maximum absolute atomic E-state index is 11.7. The SMILES string of the molecule is C=CCSCCNS(=O)(=O)CCN1CCNCC1. The molecule has 0 aromatic carbocycles. The Morgan fingerprint density at radius 1 is 1.39 bits per heavy atom. The lowest BCUT2D eigenvalue weighted by Crippen LogP contribution is -2.46. The third kappa shape index (κ3) is 7.38. The number of nitrogens with one attached hydrogen (secondary N) is 2. The maximum Gasteiger partial charge on any atom is 0.212 e. The molecule has 1 fully saturated rings. The van der Waals surface area contributed by atoms with Crippen LogP contribution in [-0.2, 0) is 10.0 Å². The molecule has 0 bridgehead atoms. The second-order valence-electron chi connectivity index (χ2n) is 4.17. The predicted octanol–water partition coefficient (Wildman–Crippen LogP) is -0.270. The number of thioether (sulfide) groups is 1. The molecule has 5 nitrogen and oxygen atoms in total. The third-order valence-corrected chi connectivity index (χ3v) is 5.02. The molecule has 0 radical (unpaired) electrons. The summed E-state index contributed by atoms with van der Waals surface area (Å²) in [5.74, 6) is 1.85. The second kappa shape index (κ2) is 8.92. The third-order valence-electron chi connectivity index (χ3n) is 2.69. The lowest BCUT2D eigenvalue weighted by Gasteiger charge is -2.26. The van der Waals surface area contributed by atoms with Gasteiger partial charge in [0.25, 0.3) is 0 Å². The fourth-order valence-electron chi connectivity index (χ4n) is 1.69. The summed E-state index contributed by atoms with van der Waals surface area (Å²) in [6.45, 7) is 8.51. The van der Waals surface area contributed by atoms with Crippen LogP contribution in [0.25, 0.3) is 0 Å². The van der Waals surface area contributed by atoms with Gasteiger partial charge in [0.05, 0.1) is 5.75 Å². The van der Waals surface area contributed by atoms with Crippen molar-refractivity contribution < 1.29 is 8.42 Å². The molecule has 0 aromatic rings. The van der Waals surface area contributed by atoms with Gasteiger partial charge in [-0.3, -0.25) is 4.90 Å². The molecule has 18 heavy (non-hydrogen) atoms. The van der Waals surface area contributed by atoms with Crippen molar-refractivity contribution in [2.24, 2.45) is 0 Å². The molecule has 0 unspecified atom stereocenters. The Labute approximate surface area is 114 Å². The van der Waals surface area contributed by atoms with Crippen molar-refractivity contribution in [3.63, 3.8) is 0 Å². The summed E-state index contributed by atoms with van der Waals surface area (Å²) >= 11 is 1.68. The first-order valence-corrected chi connectivity index (χ1v) is 9.04. The van der Waals surface area contributed by atoms with E-state index in [0.717, 1.165) is 37.7 Å². The fourth-order valence-corrected chi connectivity index (χ4v) is 3.46. The van der Waals surface area contributed by atoms with Crippen molar-refractivity contribution >= 4 is 21.8 Å². The van der Waals surface area contributed by atoms with E-state index in [0.29, 0.717) is 13.1 Å². The number of sulfonamides is 1. The minimum Gasteiger partial charge on any atom is -0.314 e. The molecule has 0 aromatic heterocycles. The van der Waals surface area contributed by atoms with Crippen LogP contribution in [0.2, 0.25) is 0 Å². The molecule has 1 saturated heterocycles. The molecule has 106 valence electrons. The summed E-state index contributed by atoms with van der Waals surface area (Å²) in [6, 6.07) is 0.